The molecule has 0 amide bonds. The van der Waals surface area contributed by atoms with E-state index in [1.807, 2.05) is 26.0 Å². The summed E-state index contributed by atoms with van der Waals surface area (Å²) in [7, 11) is 0. The van der Waals surface area contributed by atoms with Crippen LogP contribution in [-0.2, 0) is 19.4 Å². The minimum absolute atomic E-state index is 0.0384. The van der Waals surface area contributed by atoms with Gasteiger partial charge in [0.15, 0.2) is 5.82 Å². The van der Waals surface area contributed by atoms with E-state index in [1.165, 1.54) is 4.57 Å². The van der Waals surface area contributed by atoms with Gasteiger partial charge in [0.1, 0.15) is 5.82 Å². The first-order chi connectivity index (χ1) is 13.5. The molecule has 0 radical (unpaired) electrons. The highest BCUT2D eigenvalue weighted by Crippen LogP contribution is 2.29. The molecule has 8 heteroatoms. The van der Waals surface area contributed by atoms with Crippen LogP contribution in [0.15, 0.2) is 40.3 Å². The summed E-state index contributed by atoms with van der Waals surface area (Å²) in [5, 5.41) is 3.29. The number of aromatic amines is 1. The van der Waals surface area contributed by atoms with E-state index >= 15 is 0 Å². The van der Waals surface area contributed by atoms with E-state index in [2.05, 4.69) is 15.3 Å². The van der Waals surface area contributed by atoms with E-state index in [0.29, 0.717) is 11.4 Å². The Hall–Kier alpha value is -3.29. The number of H-pyrrole nitrogens is 1. The van der Waals surface area contributed by atoms with Crippen molar-refractivity contribution in [3.63, 3.8) is 0 Å². The van der Waals surface area contributed by atoms with E-state index < -0.39 is 5.69 Å². The van der Waals surface area contributed by atoms with E-state index in [9.17, 15) is 9.59 Å². The van der Waals surface area contributed by atoms with Gasteiger partial charge in [0.2, 0.25) is 0 Å². The number of pyridine rings is 1. The van der Waals surface area contributed by atoms with Crippen molar-refractivity contribution >= 4 is 5.82 Å². The highest BCUT2D eigenvalue weighted by atomic mass is 16.2. The summed E-state index contributed by atoms with van der Waals surface area (Å²) in [6.45, 7) is 4.07. The van der Waals surface area contributed by atoms with Crippen LogP contribution in [0.5, 0.6) is 0 Å². The molecule has 0 atom stereocenters. The summed E-state index contributed by atoms with van der Waals surface area (Å²) in [6, 6.07) is 3.74. The number of rotatable bonds is 5. The van der Waals surface area contributed by atoms with E-state index in [-0.39, 0.29) is 18.1 Å². The Morgan fingerprint density at radius 1 is 1.25 bits per heavy atom. The molecule has 0 aromatic carbocycles. The third-order valence-electron chi connectivity index (χ3n) is 4.90. The van der Waals surface area contributed by atoms with Crippen LogP contribution in [-0.4, -0.2) is 24.5 Å². The Morgan fingerprint density at radius 2 is 2.11 bits per heavy atom. The van der Waals surface area contributed by atoms with Gasteiger partial charge in [-0.05, 0) is 45.2 Å². The smallest absolute Gasteiger partial charge is 0.328 e. The zero-order valence-electron chi connectivity index (χ0n) is 15.9. The summed E-state index contributed by atoms with van der Waals surface area (Å²) in [4.78, 5) is 40.1. The Balaban J connectivity index is 1.68. The minimum Gasteiger partial charge on any atom is -0.365 e. The molecular weight excluding hydrogens is 356 g/mol. The molecule has 0 fully saturated rings. The van der Waals surface area contributed by atoms with Crippen LogP contribution < -0.4 is 16.6 Å². The van der Waals surface area contributed by atoms with E-state index in [1.54, 1.807) is 18.6 Å². The highest BCUT2D eigenvalue weighted by Gasteiger charge is 2.20. The Morgan fingerprint density at radius 3 is 2.86 bits per heavy atom. The second kappa shape index (κ2) is 7.38. The number of aromatic nitrogens is 5. The largest absolute Gasteiger partial charge is 0.365 e. The number of hydrogen-bond acceptors (Lipinski definition) is 6. The Labute approximate surface area is 161 Å². The third-order valence-corrected chi connectivity index (χ3v) is 4.90. The van der Waals surface area contributed by atoms with Gasteiger partial charge in [-0.1, -0.05) is 0 Å². The van der Waals surface area contributed by atoms with Gasteiger partial charge in [-0.2, -0.15) is 0 Å². The fourth-order valence-corrected chi connectivity index (χ4v) is 3.42. The van der Waals surface area contributed by atoms with Crippen LogP contribution in [0.3, 0.4) is 0 Å². The molecule has 0 aliphatic heterocycles. The molecule has 8 nitrogen and oxygen atoms in total. The average molecular weight is 378 g/mol. The molecule has 3 aromatic heterocycles. The van der Waals surface area contributed by atoms with Gasteiger partial charge in [-0.3, -0.25) is 19.3 Å². The predicted octanol–water partition coefficient (Wildman–Crippen LogP) is 2.07. The van der Waals surface area contributed by atoms with Crippen molar-refractivity contribution in [3.8, 4) is 11.4 Å². The number of nitrogens with one attached hydrogen (secondary N) is 2. The second-order valence-electron chi connectivity index (χ2n) is 7.18. The number of anilines is 1. The van der Waals surface area contributed by atoms with E-state index in [4.69, 9.17) is 9.97 Å². The SMILES string of the molecule is CC(C)n1cc(CNc2nc(-c3cccnc3)nc3c2CCC3)c(=O)[nH]c1=O. The Kier molecular flexibility index (Phi) is 4.77. The first-order valence-corrected chi connectivity index (χ1v) is 9.41. The van der Waals surface area contributed by atoms with Crippen LogP contribution in [0.1, 0.15) is 43.1 Å². The highest BCUT2D eigenvalue weighted by molar-refractivity contribution is 5.59. The predicted molar refractivity (Wildman–Crippen MR) is 106 cm³/mol. The first-order valence-electron chi connectivity index (χ1n) is 9.41. The summed E-state index contributed by atoms with van der Waals surface area (Å²) in [5.74, 6) is 1.36. The molecule has 4 rings (SSSR count). The van der Waals surface area contributed by atoms with Gasteiger partial charge >= 0.3 is 5.69 Å². The lowest BCUT2D eigenvalue weighted by atomic mass is 10.2. The van der Waals surface area contributed by atoms with Gasteiger partial charge in [0.25, 0.3) is 5.56 Å². The topological polar surface area (TPSA) is 106 Å². The molecule has 0 unspecified atom stereocenters. The first kappa shape index (κ1) is 18.1. The standard InChI is InChI=1S/C20H22N6O2/c1-12(2)26-11-14(19(27)25-20(26)28)10-22-18-15-6-3-7-16(15)23-17(24-18)13-5-4-8-21-9-13/h4-5,8-9,11-12H,3,6-7,10H2,1-2H3,(H,22,23,24)(H,25,27,28). The molecule has 28 heavy (non-hydrogen) atoms. The number of nitrogens with zero attached hydrogens (tertiary/aromatic N) is 4. The summed E-state index contributed by atoms with van der Waals surface area (Å²) >= 11 is 0. The lowest BCUT2D eigenvalue weighted by Crippen LogP contribution is -2.33. The van der Waals surface area contributed by atoms with Crippen LogP contribution in [0.2, 0.25) is 0 Å². The van der Waals surface area contributed by atoms with Crippen molar-refractivity contribution in [1.29, 1.82) is 0 Å². The van der Waals surface area contributed by atoms with Crippen molar-refractivity contribution in [3.05, 3.63) is 68.4 Å². The maximum atomic E-state index is 12.2. The van der Waals surface area contributed by atoms with Gasteiger partial charge in [0.05, 0.1) is 5.56 Å². The maximum Gasteiger partial charge on any atom is 0.328 e. The average Bonchev–Trinajstić information content (AvgIpc) is 3.16. The lowest BCUT2D eigenvalue weighted by molar-refractivity contribution is 0.556. The molecule has 3 aromatic rings. The molecule has 2 N–H and O–H groups in total. The fourth-order valence-electron chi connectivity index (χ4n) is 3.42. The minimum atomic E-state index is -0.398. The summed E-state index contributed by atoms with van der Waals surface area (Å²) < 4.78 is 1.52. The number of aryl methyl sites for hydroxylation is 1. The van der Waals surface area contributed by atoms with Crippen LogP contribution in [0, 0.1) is 0 Å². The number of hydrogen-bond donors (Lipinski definition) is 2. The zero-order valence-corrected chi connectivity index (χ0v) is 15.9. The summed E-state index contributed by atoms with van der Waals surface area (Å²) in [6.07, 6.45) is 7.93. The van der Waals surface area contributed by atoms with Gasteiger partial charge < -0.3 is 5.32 Å². The fraction of sp³-hybridized carbons (Fsp3) is 0.350. The van der Waals surface area contributed by atoms with Crippen molar-refractivity contribution in [2.24, 2.45) is 0 Å². The van der Waals surface area contributed by atoms with Crippen molar-refractivity contribution in [1.82, 2.24) is 24.5 Å². The van der Waals surface area contributed by atoms with Crippen molar-refractivity contribution < 1.29 is 0 Å². The molecular formula is C20H22N6O2. The molecule has 1 aliphatic carbocycles. The van der Waals surface area contributed by atoms with Crippen molar-refractivity contribution in [2.45, 2.75) is 45.7 Å². The molecule has 0 saturated heterocycles. The monoisotopic (exact) mass is 378 g/mol. The lowest BCUT2D eigenvalue weighted by Gasteiger charge is -2.14. The van der Waals surface area contributed by atoms with Gasteiger partial charge in [0, 0.05) is 48.0 Å². The van der Waals surface area contributed by atoms with Gasteiger partial charge in [-0.15, -0.1) is 0 Å². The van der Waals surface area contributed by atoms with Gasteiger partial charge in [-0.25, -0.2) is 14.8 Å². The molecule has 0 bridgehead atoms. The van der Waals surface area contributed by atoms with Crippen LogP contribution in [0.25, 0.3) is 11.4 Å². The molecule has 1 aliphatic rings. The molecule has 0 spiro atoms. The maximum absolute atomic E-state index is 12.2. The second-order valence-corrected chi connectivity index (χ2v) is 7.18. The van der Waals surface area contributed by atoms with Crippen LogP contribution in [0.4, 0.5) is 5.82 Å². The number of fused-ring (bicyclic) bond motifs is 1. The van der Waals surface area contributed by atoms with Crippen molar-refractivity contribution in [2.75, 3.05) is 5.32 Å². The normalized spacial score (nSPS) is 13.0. The molecule has 3 heterocycles. The molecule has 144 valence electrons. The quantitative estimate of drug-likeness (QED) is 0.704. The zero-order chi connectivity index (χ0) is 19.7. The Bertz CT molecular complexity index is 1120. The summed E-state index contributed by atoms with van der Waals surface area (Å²) in [5.41, 5.74) is 2.70. The van der Waals surface area contributed by atoms with Crippen LogP contribution >= 0.6 is 0 Å². The third kappa shape index (κ3) is 3.45. The molecule has 0 saturated carbocycles. The van der Waals surface area contributed by atoms with E-state index in [0.717, 1.165) is 41.9 Å².